The van der Waals surface area contributed by atoms with Gasteiger partial charge in [0.15, 0.2) is 23.9 Å². The molecule has 1 aromatic carbocycles. The predicted molar refractivity (Wildman–Crippen MR) is 197 cm³/mol. The van der Waals surface area contributed by atoms with E-state index in [1.54, 1.807) is 23.4 Å². The summed E-state index contributed by atoms with van der Waals surface area (Å²) >= 11 is 0. The number of nitrogens with zero attached hydrogens (tertiary/aromatic N) is 4. The maximum atomic E-state index is 12.0. The van der Waals surface area contributed by atoms with Crippen LogP contribution < -0.4 is 18.9 Å². The molecule has 2 fully saturated rings. The number of pyridine rings is 1. The minimum absolute atomic E-state index is 0.109. The van der Waals surface area contributed by atoms with E-state index in [4.69, 9.17) is 9.47 Å². The number of ether oxygens (including phenoxy) is 2. The maximum Gasteiger partial charge on any atom is 0.250 e. The Kier molecular flexibility index (Phi) is 14.4. The van der Waals surface area contributed by atoms with Crippen LogP contribution in [0.1, 0.15) is 91.0 Å². The van der Waals surface area contributed by atoms with Crippen LogP contribution in [0.3, 0.4) is 0 Å². The molecule has 7 heteroatoms. The molecule has 0 N–H and O–H groups in total. The quantitative estimate of drug-likeness (QED) is 0.0891. The second kappa shape index (κ2) is 18.6. The number of likely N-dealkylation sites (N-methyl/N-ethyl adjacent to an activating group) is 1. The van der Waals surface area contributed by atoms with E-state index in [-0.39, 0.29) is 5.91 Å². The van der Waals surface area contributed by atoms with E-state index in [1.165, 1.54) is 49.8 Å². The molecule has 260 valence electrons. The molecule has 0 bridgehead atoms. The molecule has 5 rings (SSSR count). The number of hydrogen-bond donors (Lipinski definition) is 0. The van der Waals surface area contributed by atoms with Gasteiger partial charge in [-0.15, -0.1) is 0 Å². The molecule has 2 atom stereocenters. The molecule has 0 spiro atoms. The Morgan fingerprint density at radius 2 is 1.90 bits per heavy atom. The van der Waals surface area contributed by atoms with Gasteiger partial charge in [-0.3, -0.25) is 9.69 Å². The standard InChI is InChI=1S/C28H38N3O2.C13H21NO/c1-4-5-14-31(25-10-7-13-29(3)18-25)26(22-8-6-9-22)19-30-17-24(15-21(30)2)23-11-12-27-28(16-23)33-20-32-27;1-5-9-11-12(10-6-2)13(15)14(7-3)8-4/h7,10-13,16,18,21,24H,4-6,8-9,14-15,17,19-20H2,1-3H3;5-6,9-10H,2,7-8,11H2,1,3-4H3/q+1;/b;9-5-,12-10+/t21-,24+;/m0./s1. The number of benzene rings is 1. The second-order valence-corrected chi connectivity index (χ2v) is 13.1. The van der Waals surface area contributed by atoms with Crippen LogP contribution in [0.15, 0.2) is 90.5 Å². The van der Waals surface area contributed by atoms with Gasteiger partial charge in [-0.05, 0) is 101 Å². The van der Waals surface area contributed by atoms with Gasteiger partial charge >= 0.3 is 0 Å². The van der Waals surface area contributed by atoms with E-state index in [2.05, 4.69) is 84.6 Å². The van der Waals surface area contributed by atoms with Gasteiger partial charge in [0.1, 0.15) is 12.7 Å². The zero-order valence-electron chi connectivity index (χ0n) is 30.4. The van der Waals surface area contributed by atoms with Crippen molar-refractivity contribution < 1.29 is 18.8 Å². The summed E-state index contributed by atoms with van der Waals surface area (Å²) in [4.78, 5) is 19.1. The fraction of sp³-hybridized carbons (Fsp3) is 0.512. The first kappa shape index (κ1) is 37.0. The Morgan fingerprint density at radius 1 is 1.12 bits per heavy atom. The number of aromatic nitrogens is 1. The van der Waals surface area contributed by atoms with Crippen molar-refractivity contribution in [2.24, 2.45) is 7.05 Å². The summed E-state index contributed by atoms with van der Waals surface area (Å²) in [5.74, 6) is 2.43. The molecular weight excluding hydrogens is 596 g/mol. The molecule has 0 radical (unpaired) electrons. The Balaban J connectivity index is 0.000000295. The van der Waals surface area contributed by atoms with Crippen LogP contribution in [-0.4, -0.2) is 61.3 Å². The molecule has 1 saturated carbocycles. The SMILES string of the molecule is C=C/C=C(\C/C=C\C)C(=O)N(CC)CC.CCCCN(C(CN1C[C@H](c2ccc3c(c2)OCO3)C[C@@H]1C)=C1CCC1)c1ccc[n+](C)c1. The summed E-state index contributed by atoms with van der Waals surface area (Å²) in [6.07, 6.45) is 19.9. The van der Waals surface area contributed by atoms with E-state index < -0.39 is 0 Å². The number of aryl methyl sites for hydroxylation is 1. The summed E-state index contributed by atoms with van der Waals surface area (Å²) < 4.78 is 13.3. The van der Waals surface area contributed by atoms with Crippen molar-refractivity contribution in [3.05, 3.63) is 96.0 Å². The highest BCUT2D eigenvalue weighted by molar-refractivity contribution is 5.94. The number of likely N-dealkylation sites (tertiary alicyclic amines) is 1. The molecular formula is C41H59N4O3+. The number of amides is 1. The highest BCUT2D eigenvalue weighted by atomic mass is 16.7. The molecule has 2 aliphatic heterocycles. The Labute approximate surface area is 290 Å². The number of unbranched alkanes of at least 4 members (excludes halogenated alkanes) is 1. The van der Waals surface area contributed by atoms with Crippen LogP contribution >= 0.6 is 0 Å². The van der Waals surface area contributed by atoms with Crippen molar-refractivity contribution in [2.45, 2.75) is 91.5 Å². The number of carbonyl (C=O) groups excluding carboxylic acids is 1. The fourth-order valence-electron chi connectivity index (χ4n) is 6.75. The number of allylic oxidation sites excluding steroid dienone is 5. The fourth-order valence-corrected chi connectivity index (χ4v) is 6.75. The van der Waals surface area contributed by atoms with Gasteiger partial charge in [0.25, 0.3) is 0 Å². The molecule has 1 amide bonds. The van der Waals surface area contributed by atoms with Gasteiger partial charge in [-0.25, -0.2) is 4.57 Å². The van der Waals surface area contributed by atoms with Gasteiger partial charge in [-0.2, -0.15) is 0 Å². The molecule has 7 nitrogen and oxygen atoms in total. The van der Waals surface area contributed by atoms with Crippen LogP contribution in [-0.2, 0) is 11.8 Å². The van der Waals surface area contributed by atoms with Crippen LogP contribution in [0.25, 0.3) is 0 Å². The summed E-state index contributed by atoms with van der Waals surface area (Å²) in [5, 5.41) is 0. The summed E-state index contributed by atoms with van der Waals surface area (Å²) in [6, 6.07) is 11.5. The van der Waals surface area contributed by atoms with Crippen molar-refractivity contribution >= 4 is 11.6 Å². The van der Waals surface area contributed by atoms with E-state index in [1.807, 2.05) is 37.8 Å². The lowest BCUT2D eigenvalue weighted by molar-refractivity contribution is -0.670. The van der Waals surface area contributed by atoms with Gasteiger partial charge < -0.3 is 19.3 Å². The van der Waals surface area contributed by atoms with Crippen molar-refractivity contribution in [3.63, 3.8) is 0 Å². The average molecular weight is 656 g/mol. The lowest BCUT2D eigenvalue weighted by Crippen LogP contribution is -2.38. The average Bonchev–Trinajstić information content (AvgIpc) is 3.69. The van der Waals surface area contributed by atoms with Crippen LogP contribution in [0, 0.1) is 0 Å². The first-order valence-electron chi connectivity index (χ1n) is 18.1. The van der Waals surface area contributed by atoms with E-state index in [9.17, 15) is 4.79 Å². The monoisotopic (exact) mass is 655 g/mol. The molecule has 1 aromatic heterocycles. The largest absolute Gasteiger partial charge is 0.454 e. The van der Waals surface area contributed by atoms with Crippen molar-refractivity contribution in [3.8, 4) is 11.5 Å². The van der Waals surface area contributed by atoms with Gasteiger partial charge in [0.05, 0.1) is 0 Å². The smallest absolute Gasteiger partial charge is 0.250 e. The number of fused-ring (bicyclic) bond motifs is 1. The molecule has 48 heavy (non-hydrogen) atoms. The number of anilines is 1. The Hall–Kier alpha value is -3.84. The van der Waals surface area contributed by atoms with Crippen LogP contribution in [0.4, 0.5) is 5.69 Å². The van der Waals surface area contributed by atoms with E-state index in [0.29, 0.717) is 25.2 Å². The first-order chi connectivity index (χ1) is 23.3. The van der Waals surface area contributed by atoms with Gasteiger partial charge in [0, 0.05) is 56.1 Å². The molecule has 3 heterocycles. The highest BCUT2D eigenvalue weighted by Crippen LogP contribution is 2.40. The second-order valence-electron chi connectivity index (χ2n) is 13.1. The third-order valence-corrected chi connectivity index (χ3v) is 9.80. The number of carbonyl (C=O) groups is 1. The third kappa shape index (κ3) is 9.62. The minimum Gasteiger partial charge on any atom is -0.454 e. The summed E-state index contributed by atoms with van der Waals surface area (Å²) in [7, 11) is 2.12. The maximum absolute atomic E-state index is 12.0. The first-order valence-corrected chi connectivity index (χ1v) is 18.1. The van der Waals surface area contributed by atoms with Crippen LogP contribution in [0.5, 0.6) is 11.5 Å². The Morgan fingerprint density at radius 3 is 2.54 bits per heavy atom. The van der Waals surface area contributed by atoms with Gasteiger partial charge in [-0.1, -0.05) is 50.3 Å². The molecule has 1 aliphatic carbocycles. The zero-order chi connectivity index (χ0) is 34.5. The molecule has 3 aliphatic rings. The Bertz CT molecular complexity index is 1450. The van der Waals surface area contributed by atoms with Gasteiger partial charge in [0.2, 0.25) is 12.7 Å². The predicted octanol–water partition coefficient (Wildman–Crippen LogP) is 8.10. The zero-order valence-corrected chi connectivity index (χ0v) is 30.4. The van der Waals surface area contributed by atoms with Crippen molar-refractivity contribution in [1.29, 1.82) is 0 Å². The summed E-state index contributed by atoms with van der Waals surface area (Å²) in [5.41, 5.74) is 6.72. The third-order valence-electron chi connectivity index (χ3n) is 9.80. The molecule has 1 saturated heterocycles. The van der Waals surface area contributed by atoms with Crippen LogP contribution in [0.2, 0.25) is 0 Å². The van der Waals surface area contributed by atoms with E-state index in [0.717, 1.165) is 49.8 Å². The number of hydrogen-bond acceptors (Lipinski definition) is 5. The number of rotatable bonds is 14. The minimum atomic E-state index is 0.109. The van der Waals surface area contributed by atoms with E-state index >= 15 is 0 Å². The molecule has 2 aromatic rings. The summed E-state index contributed by atoms with van der Waals surface area (Å²) in [6.45, 7) is 19.3. The topological polar surface area (TPSA) is 49.1 Å². The normalized spacial score (nSPS) is 18.7. The van der Waals surface area contributed by atoms with Crippen molar-refractivity contribution in [1.82, 2.24) is 9.80 Å². The lowest BCUT2D eigenvalue weighted by Gasteiger charge is -2.35. The lowest BCUT2D eigenvalue weighted by atomic mass is 9.89. The molecule has 0 unspecified atom stereocenters. The van der Waals surface area contributed by atoms with Crippen molar-refractivity contribution in [2.75, 3.05) is 44.4 Å². The highest BCUT2D eigenvalue weighted by Gasteiger charge is 2.33.